The molecule has 0 aromatic heterocycles. The van der Waals surface area contributed by atoms with E-state index in [-0.39, 0.29) is 23.5 Å². The van der Waals surface area contributed by atoms with E-state index in [0.717, 1.165) is 17.9 Å². The van der Waals surface area contributed by atoms with Crippen LogP contribution in [0.15, 0.2) is 35.2 Å². The number of carbonyl (C=O) groups is 1. The van der Waals surface area contributed by atoms with E-state index in [1.165, 1.54) is 25.7 Å². The van der Waals surface area contributed by atoms with Crippen molar-refractivity contribution >= 4 is 17.7 Å². The van der Waals surface area contributed by atoms with Crippen molar-refractivity contribution in [2.45, 2.75) is 81.5 Å². The molecule has 4 N–H and O–H groups in total. The molecule has 0 spiro atoms. The van der Waals surface area contributed by atoms with Gasteiger partial charge >= 0.3 is 0 Å². The van der Waals surface area contributed by atoms with E-state index in [1.807, 2.05) is 39.0 Å². The molecule has 1 aromatic carbocycles. The lowest BCUT2D eigenvalue weighted by Gasteiger charge is -2.46. The Balaban J connectivity index is 1.62. The molecule has 1 heterocycles. The summed E-state index contributed by atoms with van der Waals surface area (Å²) >= 11 is 1.67. The number of nitrogens with zero attached hydrogens (tertiary/aromatic N) is 1. The van der Waals surface area contributed by atoms with Gasteiger partial charge in [-0.25, -0.2) is 0 Å². The number of thioether (sulfide) groups is 1. The number of aliphatic hydroxyl groups excluding tert-OH is 1. The normalized spacial score (nSPS) is 27.2. The first kappa shape index (κ1) is 23.6. The minimum Gasteiger partial charge on any atom is -0.390 e. The van der Waals surface area contributed by atoms with Crippen LogP contribution in [0.2, 0.25) is 0 Å². The van der Waals surface area contributed by atoms with E-state index in [0.29, 0.717) is 24.1 Å². The summed E-state index contributed by atoms with van der Waals surface area (Å²) in [6, 6.07) is 9.64. The Morgan fingerprint density at radius 3 is 2.57 bits per heavy atom. The van der Waals surface area contributed by atoms with Gasteiger partial charge in [0.1, 0.15) is 0 Å². The predicted molar refractivity (Wildman–Crippen MR) is 124 cm³/mol. The number of hydrogen-bond acceptors (Lipinski definition) is 5. The van der Waals surface area contributed by atoms with Crippen molar-refractivity contribution in [1.29, 1.82) is 0 Å². The Kier molecular flexibility index (Phi) is 8.24. The van der Waals surface area contributed by atoms with E-state index >= 15 is 0 Å². The van der Waals surface area contributed by atoms with Crippen LogP contribution in [-0.4, -0.2) is 58.5 Å². The number of carbonyl (C=O) groups excluding carboxylic acids is 1. The summed E-state index contributed by atoms with van der Waals surface area (Å²) in [5.74, 6) is 2.01. The van der Waals surface area contributed by atoms with Gasteiger partial charge in [0.15, 0.2) is 0 Å². The largest absolute Gasteiger partial charge is 0.390 e. The number of likely N-dealkylation sites (tertiary alicyclic amines) is 1. The monoisotopic (exact) mass is 433 g/mol. The molecule has 1 amide bonds. The van der Waals surface area contributed by atoms with Crippen molar-refractivity contribution in [2.75, 3.05) is 18.8 Å². The van der Waals surface area contributed by atoms with Gasteiger partial charge in [-0.3, -0.25) is 9.69 Å². The number of nitrogens with one attached hydrogen (secondary N) is 1. The fourth-order valence-electron chi connectivity index (χ4n) is 4.82. The SMILES string of the molecule is CC(C)(C)NC(=O)[C@@H]1C[C@@H]2CCCC[C@@H]2CN1C[C@@H](O)C(N)CSc1ccccc1. The van der Waals surface area contributed by atoms with E-state index in [9.17, 15) is 9.90 Å². The molecular formula is C24H39N3O2S. The number of β-amino-alcohol motifs (C(OH)–C–C–N with tert-alkyl or cyclic N) is 1. The van der Waals surface area contributed by atoms with Crippen LogP contribution in [0.3, 0.4) is 0 Å². The average Bonchev–Trinajstić information content (AvgIpc) is 2.71. The fraction of sp³-hybridized carbons (Fsp3) is 0.708. The zero-order valence-electron chi connectivity index (χ0n) is 18.7. The zero-order chi connectivity index (χ0) is 21.7. The minimum atomic E-state index is -0.647. The first-order chi connectivity index (χ1) is 14.2. The van der Waals surface area contributed by atoms with Gasteiger partial charge in [-0.2, -0.15) is 0 Å². The lowest BCUT2D eigenvalue weighted by Crippen LogP contribution is -2.59. The molecule has 1 aliphatic heterocycles. The van der Waals surface area contributed by atoms with Crippen molar-refractivity contribution in [3.05, 3.63) is 30.3 Å². The highest BCUT2D eigenvalue weighted by molar-refractivity contribution is 7.99. The molecule has 2 aliphatic rings. The van der Waals surface area contributed by atoms with Gasteiger partial charge in [0.2, 0.25) is 5.91 Å². The van der Waals surface area contributed by atoms with Gasteiger partial charge in [-0.05, 0) is 57.6 Å². The molecule has 0 radical (unpaired) electrons. The Hall–Kier alpha value is -1.08. The van der Waals surface area contributed by atoms with E-state index in [2.05, 4.69) is 22.3 Å². The van der Waals surface area contributed by atoms with Crippen molar-refractivity contribution in [1.82, 2.24) is 10.2 Å². The van der Waals surface area contributed by atoms with Gasteiger partial charge in [-0.15, -0.1) is 11.8 Å². The predicted octanol–water partition coefficient (Wildman–Crippen LogP) is 3.26. The van der Waals surface area contributed by atoms with Crippen LogP contribution in [0.25, 0.3) is 0 Å². The second-order valence-electron chi connectivity index (χ2n) is 10.1. The first-order valence-corrected chi connectivity index (χ1v) is 12.4. The highest BCUT2D eigenvalue weighted by Gasteiger charge is 2.41. The van der Waals surface area contributed by atoms with Crippen LogP contribution in [0.1, 0.15) is 52.9 Å². The van der Waals surface area contributed by atoms with Gasteiger partial charge < -0.3 is 16.2 Å². The summed E-state index contributed by atoms with van der Waals surface area (Å²) in [5.41, 5.74) is 6.08. The number of benzene rings is 1. The number of fused-ring (bicyclic) bond motifs is 1. The van der Waals surface area contributed by atoms with Crippen molar-refractivity contribution in [3.63, 3.8) is 0 Å². The van der Waals surface area contributed by atoms with Crippen molar-refractivity contribution < 1.29 is 9.90 Å². The van der Waals surface area contributed by atoms with Crippen LogP contribution >= 0.6 is 11.8 Å². The molecular weight excluding hydrogens is 394 g/mol. The average molecular weight is 434 g/mol. The van der Waals surface area contributed by atoms with Gasteiger partial charge in [0.25, 0.3) is 0 Å². The maximum Gasteiger partial charge on any atom is 0.237 e. The molecule has 2 fully saturated rings. The molecule has 1 unspecified atom stereocenters. The van der Waals surface area contributed by atoms with Gasteiger partial charge in [-0.1, -0.05) is 37.5 Å². The number of hydrogen-bond donors (Lipinski definition) is 3. The fourth-order valence-corrected chi connectivity index (χ4v) is 5.78. The maximum absolute atomic E-state index is 13.1. The Labute approximate surface area is 186 Å². The topological polar surface area (TPSA) is 78.6 Å². The molecule has 30 heavy (non-hydrogen) atoms. The lowest BCUT2D eigenvalue weighted by molar-refractivity contribution is -0.132. The minimum absolute atomic E-state index is 0.0888. The standard InChI is InChI=1S/C24H39N3O2S/c1-24(2,3)26-23(29)21-13-17-9-7-8-10-18(17)14-27(21)15-22(28)20(25)16-30-19-11-5-4-6-12-19/h4-6,11-12,17-18,20-22,28H,7-10,13-16,25H2,1-3H3,(H,26,29)/t17-,18+,20?,21-,22+/m0/s1. The third-order valence-corrected chi connectivity index (χ3v) is 7.56. The quantitative estimate of drug-likeness (QED) is 0.575. The molecule has 5 atom stereocenters. The molecule has 1 saturated carbocycles. The summed E-state index contributed by atoms with van der Waals surface area (Å²) in [6.45, 7) is 7.41. The molecule has 5 nitrogen and oxygen atoms in total. The maximum atomic E-state index is 13.1. The number of nitrogens with two attached hydrogens (primary N) is 1. The highest BCUT2D eigenvalue weighted by atomic mass is 32.2. The second-order valence-corrected chi connectivity index (χ2v) is 11.2. The molecule has 6 heteroatoms. The molecule has 1 aliphatic carbocycles. The van der Waals surface area contributed by atoms with Crippen molar-refractivity contribution in [3.8, 4) is 0 Å². The van der Waals surface area contributed by atoms with Crippen LogP contribution in [-0.2, 0) is 4.79 Å². The van der Waals surface area contributed by atoms with E-state index in [4.69, 9.17) is 5.73 Å². The number of aliphatic hydroxyl groups is 1. The molecule has 0 bridgehead atoms. The Morgan fingerprint density at radius 2 is 1.90 bits per heavy atom. The number of amides is 1. The van der Waals surface area contributed by atoms with Crippen LogP contribution in [0.4, 0.5) is 0 Å². The van der Waals surface area contributed by atoms with Gasteiger partial charge in [0, 0.05) is 35.3 Å². The van der Waals surface area contributed by atoms with Gasteiger partial charge in [0.05, 0.1) is 12.1 Å². The molecule has 1 saturated heterocycles. The lowest BCUT2D eigenvalue weighted by atomic mass is 9.72. The molecule has 168 valence electrons. The molecule has 3 rings (SSSR count). The summed E-state index contributed by atoms with van der Waals surface area (Å²) in [5, 5.41) is 14.0. The van der Waals surface area contributed by atoms with Crippen molar-refractivity contribution in [2.24, 2.45) is 17.6 Å². The van der Waals surface area contributed by atoms with Crippen LogP contribution in [0, 0.1) is 11.8 Å². The zero-order valence-corrected chi connectivity index (χ0v) is 19.5. The highest BCUT2D eigenvalue weighted by Crippen LogP contribution is 2.38. The number of piperidine rings is 1. The smallest absolute Gasteiger partial charge is 0.237 e. The second kappa shape index (κ2) is 10.5. The summed E-state index contributed by atoms with van der Waals surface area (Å²) in [4.78, 5) is 16.5. The summed E-state index contributed by atoms with van der Waals surface area (Å²) in [7, 11) is 0. The third kappa shape index (κ3) is 6.71. The van der Waals surface area contributed by atoms with Crippen LogP contribution in [0.5, 0.6) is 0 Å². The Morgan fingerprint density at radius 1 is 1.23 bits per heavy atom. The molecule has 1 aromatic rings. The van der Waals surface area contributed by atoms with E-state index < -0.39 is 6.10 Å². The van der Waals surface area contributed by atoms with E-state index in [1.54, 1.807) is 11.8 Å². The summed E-state index contributed by atoms with van der Waals surface area (Å²) in [6.07, 6.45) is 5.27. The summed E-state index contributed by atoms with van der Waals surface area (Å²) < 4.78 is 0. The van der Waals surface area contributed by atoms with Crippen LogP contribution < -0.4 is 11.1 Å². The Bertz CT molecular complexity index is 679. The first-order valence-electron chi connectivity index (χ1n) is 11.4. The third-order valence-electron chi connectivity index (χ3n) is 6.40. The number of rotatable bonds is 7.